The van der Waals surface area contributed by atoms with Gasteiger partial charge in [-0.2, -0.15) is 5.26 Å². The summed E-state index contributed by atoms with van der Waals surface area (Å²) in [4.78, 5) is 0. The molecular formula is C23H16BrFN2O3. The third-order valence-corrected chi connectivity index (χ3v) is 5.32. The minimum absolute atomic E-state index is 0.0194. The first-order valence-corrected chi connectivity index (χ1v) is 9.83. The Hall–Kier alpha value is -3.50. The number of hydrogen-bond donors (Lipinski definition) is 2. The van der Waals surface area contributed by atoms with Crippen LogP contribution in [-0.4, -0.2) is 5.11 Å². The molecule has 0 bridgehead atoms. The number of benzene rings is 3. The number of phenolic OH excluding ortho intramolecular Hbond substituents is 1. The predicted octanol–water partition coefficient (Wildman–Crippen LogP) is 5.09. The van der Waals surface area contributed by atoms with Gasteiger partial charge in [-0.25, -0.2) is 4.39 Å². The van der Waals surface area contributed by atoms with Gasteiger partial charge in [0.15, 0.2) is 0 Å². The molecule has 3 N–H and O–H groups in total. The van der Waals surface area contributed by atoms with Crippen LogP contribution in [0.4, 0.5) is 4.39 Å². The normalized spacial score (nSPS) is 15.2. The second kappa shape index (κ2) is 8.09. The van der Waals surface area contributed by atoms with E-state index in [1.54, 1.807) is 36.4 Å². The average Bonchev–Trinajstić information content (AvgIpc) is 2.72. The number of halogens is 2. The summed E-state index contributed by atoms with van der Waals surface area (Å²) in [7, 11) is 0. The number of nitrogens with two attached hydrogens (primary N) is 1. The molecule has 0 aliphatic carbocycles. The zero-order valence-electron chi connectivity index (χ0n) is 15.6. The predicted molar refractivity (Wildman–Crippen MR) is 112 cm³/mol. The van der Waals surface area contributed by atoms with Crippen LogP contribution in [0.25, 0.3) is 0 Å². The molecule has 0 spiro atoms. The summed E-state index contributed by atoms with van der Waals surface area (Å²) < 4.78 is 26.3. The molecule has 0 radical (unpaired) electrons. The Morgan fingerprint density at radius 2 is 1.93 bits per heavy atom. The van der Waals surface area contributed by atoms with E-state index in [-0.39, 0.29) is 29.6 Å². The van der Waals surface area contributed by atoms with Crippen molar-refractivity contribution in [1.82, 2.24) is 0 Å². The van der Waals surface area contributed by atoms with E-state index < -0.39 is 5.92 Å². The van der Waals surface area contributed by atoms with E-state index in [9.17, 15) is 14.8 Å². The van der Waals surface area contributed by atoms with Crippen LogP contribution in [0.3, 0.4) is 0 Å². The molecule has 1 aliphatic heterocycles. The van der Waals surface area contributed by atoms with Crippen LogP contribution < -0.4 is 15.2 Å². The van der Waals surface area contributed by atoms with Crippen LogP contribution >= 0.6 is 15.9 Å². The van der Waals surface area contributed by atoms with Crippen molar-refractivity contribution in [3.8, 4) is 23.3 Å². The van der Waals surface area contributed by atoms with Crippen molar-refractivity contribution in [3.05, 3.63) is 99.1 Å². The second-order valence-electron chi connectivity index (χ2n) is 6.71. The highest BCUT2D eigenvalue weighted by Crippen LogP contribution is 2.46. The highest BCUT2D eigenvalue weighted by Gasteiger charge is 2.33. The lowest BCUT2D eigenvalue weighted by molar-refractivity contribution is 0.295. The van der Waals surface area contributed by atoms with Crippen molar-refractivity contribution >= 4 is 15.9 Å². The fourth-order valence-corrected chi connectivity index (χ4v) is 3.79. The quantitative estimate of drug-likeness (QED) is 0.558. The molecule has 1 aliphatic rings. The maximum Gasteiger partial charge on any atom is 0.205 e. The molecule has 0 aromatic heterocycles. The molecule has 1 atom stereocenters. The lowest BCUT2D eigenvalue weighted by Crippen LogP contribution is -2.21. The molecule has 1 unspecified atom stereocenters. The zero-order chi connectivity index (χ0) is 21.3. The Balaban J connectivity index is 1.81. The van der Waals surface area contributed by atoms with Crippen LogP contribution in [0.15, 0.2) is 76.6 Å². The number of phenols is 1. The van der Waals surface area contributed by atoms with E-state index >= 15 is 0 Å². The lowest BCUT2D eigenvalue weighted by atomic mass is 9.83. The minimum atomic E-state index is -0.576. The SMILES string of the molecule is N#CC1=C(N)Oc2cc(O)ccc2C1c1cc(Br)ccc1OCc1ccccc1F. The Labute approximate surface area is 180 Å². The Morgan fingerprint density at radius 3 is 2.70 bits per heavy atom. The standard InChI is InChI=1S/C23H16BrFN2O3/c24-14-5-8-20(29-12-13-3-1-2-4-19(13)25)17(9-14)22-16-7-6-15(28)10-21(16)30-23(27)18(22)11-26/h1-10,22,28H,12,27H2. The van der Waals surface area contributed by atoms with Gasteiger partial charge in [0.25, 0.3) is 0 Å². The third kappa shape index (κ3) is 3.70. The fourth-order valence-electron chi connectivity index (χ4n) is 3.41. The number of nitriles is 1. The van der Waals surface area contributed by atoms with Crippen molar-refractivity contribution in [2.45, 2.75) is 12.5 Å². The van der Waals surface area contributed by atoms with E-state index in [2.05, 4.69) is 22.0 Å². The first-order valence-electron chi connectivity index (χ1n) is 9.04. The van der Waals surface area contributed by atoms with Gasteiger partial charge in [0, 0.05) is 27.2 Å². The molecule has 0 saturated heterocycles. The molecule has 4 rings (SSSR count). The number of aromatic hydroxyl groups is 1. The van der Waals surface area contributed by atoms with Crippen molar-refractivity contribution < 1.29 is 19.0 Å². The number of allylic oxidation sites excluding steroid dienone is 1. The maximum absolute atomic E-state index is 14.0. The molecule has 3 aromatic rings. The number of hydrogen-bond acceptors (Lipinski definition) is 5. The minimum Gasteiger partial charge on any atom is -0.508 e. The van der Waals surface area contributed by atoms with E-state index in [0.717, 1.165) is 4.47 Å². The van der Waals surface area contributed by atoms with Crippen LogP contribution in [-0.2, 0) is 6.61 Å². The summed E-state index contributed by atoms with van der Waals surface area (Å²) in [5.41, 5.74) is 7.97. The Kier molecular flexibility index (Phi) is 5.34. The third-order valence-electron chi connectivity index (χ3n) is 4.83. The van der Waals surface area contributed by atoms with Gasteiger partial charge in [-0.3, -0.25) is 0 Å². The van der Waals surface area contributed by atoms with Gasteiger partial charge in [-0.05, 0) is 30.3 Å². The van der Waals surface area contributed by atoms with Gasteiger partial charge < -0.3 is 20.3 Å². The van der Waals surface area contributed by atoms with Crippen molar-refractivity contribution in [3.63, 3.8) is 0 Å². The smallest absolute Gasteiger partial charge is 0.205 e. The van der Waals surface area contributed by atoms with Gasteiger partial charge in [0.2, 0.25) is 5.88 Å². The number of ether oxygens (including phenoxy) is 2. The molecule has 30 heavy (non-hydrogen) atoms. The second-order valence-corrected chi connectivity index (χ2v) is 7.62. The van der Waals surface area contributed by atoms with E-state index in [0.29, 0.717) is 28.2 Å². The molecule has 5 nitrogen and oxygen atoms in total. The Morgan fingerprint density at radius 1 is 1.13 bits per heavy atom. The monoisotopic (exact) mass is 466 g/mol. The maximum atomic E-state index is 14.0. The highest BCUT2D eigenvalue weighted by molar-refractivity contribution is 9.10. The van der Waals surface area contributed by atoms with Gasteiger partial charge >= 0.3 is 0 Å². The molecule has 1 heterocycles. The van der Waals surface area contributed by atoms with Crippen LogP contribution in [0.5, 0.6) is 17.2 Å². The number of rotatable bonds is 4. The van der Waals surface area contributed by atoms with Gasteiger partial charge in [-0.1, -0.05) is 40.2 Å². The van der Waals surface area contributed by atoms with Crippen molar-refractivity contribution in [2.75, 3.05) is 0 Å². The van der Waals surface area contributed by atoms with E-state index in [1.807, 2.05) is 6.07 Å². The van der Waals surface area contributed by atoms with Gasteiger partial charge in [0.05, 0.1) is 5.92 Å². The van der Waals surface area contributed by atoms with Crippen LogP contribution in [0, 0.1) is 17.1 Å². The van der Waals surface area contributed by atoms with Gasteiger partial charge in [0.1, 0.15) is 41.3 Å². The largest absolute Gasteiger partial charge is 0.508 e. The van der Waals surface area contributed by atoms with Crippen LogP contribution in [0.1, 0.15) is 22.6 Å². The molecular weight excluding hydrogens is 451 g/mol. The fraction of sp³-hybridized carbons (Fsp3) is 0.0870. The average molecular weight is 467 g/mol. The number of nitrogens with zero attached hydrogens (tertiary/aromatic N) is 1. The molecule has 0 amide bonds. The Bertz CT molecular complexity index is 1200. The molecule has 7 heteroatoms. The van der Waals surface area contributed by atoms with Gasteiger partial charge in [-0.15, -0.1) is 0 Å². The summed E-state index contributed by atoms with van der Waals surface area (Å²) in [5, 5.41) is 19.6. The van der Waals surface area contributed by atoms with Crippen molar-refractivity contribution in [2.24, 2.45) is 5.73 Å². The molecule has 150 valence electrons. The topological polar surface area (TPSA) is 88.5 Å². The van der Waals surface area contributed by atoms with Crippen molar-refractivity contribution in [1.29, 1.82) is 5.26 Å². The first-order chi connectivity index (χ1) is 14.5. The number of fused-ring (bicyclic) bond motifs is 1. The van der Waals surface area contributed by atoms with E-state index in [4.69, 9.17) is 15.2 Å². The summed E-state index contributed by atoms with van der Waals surface area (Å²) in [6, 6.07) is 18.5. The molecule has 0 saturated carbocycles. The highest BCUT2D eigenvalue weighted by atomic mass is 79.9. The summed E-state index contributed by atoms with van der Waals surface area (Å²) in [5.74, 6) is -0.117. The van der Waals surface area contributed by atoms with Crippen LogP contribution in [0.2, 0.25) is 0 Å². The molecule has 3 aromatic carbocycles. The molecule has 0 fully saturated rings. The summed E-state index contributed by atoms with van der Waals surface area (Å²) >= 11 is 3.46. The summed E-state index contributed by atoms with van der Waals surface area (Å²) in [6.07, 6.45) is 0. The first kappa shape index (κ1) is 19.8. The zero-order valence-corrected chi connectivity index (χ0v) is 17.2. The lowest BCUT2D eigenvalue weighted by Gasteiger charge is -2.28. The van der Waals surface area contributed by atoms with E-state index in [1.165, 1.54) is 18.2 Å². The summed E-state index contributed by atoms with van der Waals surface area (Å²) in [6.45, 7) is 0.0219.